The summed E-state index contributed by atoms with van der Waals surface area (Å²) in [4.78, 5) is 36.3. The summed E-state index contributed by atoms with van der Waals surface area (Å²) in [5.41, 5.74) is 4.60. The van der Waals surface area contributed by atoms with Crippen LogP contribution < -0.4 is 10.6 Å². The smallest absolute Gasteiger partial charge is 0.407 e. The van der Waals surface area contributed by atoms with Crippen molar-refractivity contribution < 1.29 is 24.2 Å². The van der Waals surface area contributed by atoms with Crippen molar-refractivity contribution in [3.05, 3.63) is 59.7 Å². The highest BCUT2D eigenvalue weighted by Crippen LogP contribution is 2.44. The van der Waals surface area contributed by atoms with E-state index < -0.39 is 18.1 Å². The van der Waals surface area contributed by atoms with Crippen LogP contribution in [-0.2, 0) is 14.3 Å². The molecular formula is C27H32N2O5S. The van der Waals surface area contributed by atoms with E-state index in [2.05, 4.69) is 34.9 Å². The zero-order valence-corrected chi connectivity index (χ0v) is 20.7. The standard InChI is InChI=1S/C27H32N2O5S/c1-35-11-10-24(26(32)28-15-18-12-17(13-18)14-25(30)31)29-27(33)34-16-23-21-8-4-2-6-19(21)20-7-3-5-9-22(20)23/h2-9,17-18,23-24H,10-16H2,1H3,(H,28,32)(H,29,33)(H,30,31)/t17?,18?,24-/m0/s1. The Hall–Kier alpha value is -3.00. The molecule has 4 rings (SSSR count). The van der Waals surface area contributed by atoms with Gasteiger partial charge in [-0.05, 0) is 65.4 Å². The molecule has 0 unspecified atom stereocenters. The first-order chi connectivity index (χ1) is 17.0. The number of hydrogen-bond donors (Lipinski definition) is 3. The number of carbonyl (C=O) groups is 3. The summed E-state index contributed by atoms with van der Waals surface area (Å²) in [6.45, 7) is 0.695. The zero-order valence-electron chi connectivity index (χ0n) is 19.9. The number of hydrogen-bond acceptors (Lipinski definition) is 5. The number of ether oxygens (including phenoxy) is 1. The minimum atomic E-state index is -0.776. The lowest BCUT2D eigenvalue weighted by Crippen LogP contribution is -2.49. The van der Waals surface area contributed by atoms with Crippen LogP contribution in [0.4, 0.5) is 4.79 Å². The molecule has 2 aliphatic carbocycles. The minimum absolute atomic E-state index is 0.0380. The van der Waals surface area contributed by atoms with Gasteiger partial charge in [0.25, 0.3) is 0 Å². The monoisotopic (exact) mass is 496 g/mol. The highest BCUT2D eigenvalue weighted by molar-refractivity contribution is 7.98. The molecule has 1 fully saturated rings. The van der Waals surface area contributed by atoms with Crippen molar-refractivity contribution in [3.63, 3.8) is 0 Å². The predicted octanol–water partition coefficient (Wildman–Crippen LogP) is 4.26. The first-order valence-corrected chi connectivity index (χ1v) is 13.5. The second-order valence-electron chi connectivity index (χ2n) is 9.35. The molecule has 7 nitrogen and oxygen atoms in total. The van der Waals surface area contributed by atoms with Crippen LogP contribution in [0.25, 0.3) is 11.1 Å². The van der Waals surface area contributed by atoms with Gasteiger partial charge in [-0.2, -0.15) is 11.8 Å². The summed E-state index contributed by atoms with van der Waals surface area (Å²) in [6.07, 6.45) is 3.66. The van der Waals surface area contributed by atoms with Gasteiger partial charge >= 0.3 is 12.1 Å². The normalized spacial score (nSPS) is 19.1. The van der Waals surface area contributed by atoms with E-state index in [1.54, 1.807) is 11.8 Å². The number of carbonyl (C=O) groups excluding carboxylic acids is 2. The van der Waals surface area contributed by atoms with Crippen LogP contribution in [0, 0.1) is 11.8 Å². The number of carboxylic acid groups (broad SMARTS) is 1. The molecule has 8 heteroatoms. The van der Waals surface area contributed by atoms with E-state index in [-0.39, 0.29) is 30.8 Å². The second kappa shape index (κ2) is 11.6. The summed E-state index contributed by atoms with van der Waals surface area (Å²) in [6, 6.07) is 15.6. The quantitative estimate of drug-likeness (QED) is 0.429. The van der Waals surface area contributed by atoms with E-state index in [1.165, 1.54) is 0 Å². The number of rotatable bonds is 11. The molecule has 3 N–H and O–H groups in total. The van der Waals surface area contributed by atoms with Crippen molar-refractivity contribution in [3.8, 4) is 11.1 Å². The summed E-state index contributed by atoms with van der Waals surface area (Å²) in [5, 5.41) is 14.6. The van der Waals surface area contributed by atoms with Crippen molar-refractivity contribution >= 4 is 29.7 Å². The molecule has 0 aromatic heterocycles. The number of thioether (sulfide) groups is 1. The number of carboxylic acids is 1. The third-order valence-corrected chi connectivity index (χ3v) is 7.57. The van der Waals surface area contributed by atoms with Gasteiger partial charge in [-0.1, -0.05) is 48.5 Å². The molecule has 1 saturated carbocycles. The fraction of sp³-hybridized carbons (Fsp3) is 0.444. The Balaban J connectivity index is 1.29. The molecule has 0 bridgehead atoms. The van der Waals surface area contributed by atoms with Crippen LogP contribution in [-0.4, -0.2) is 54.3 Å². The van der Waals surface area contributed by atoms with Gasteiger partial charge < -0.3 is 20.5 Å². The number of benzene rings is 2. The van der Waals surface area contributed by atoms with Crippen LogP contribution in [0.1, 0.15) is 42.7 Å². The van der Waals surface area contributed by atoms with E-state index >= 15 is 0 Å². The van der Waals surface area contributed by atoms with Crippen molar-refractivity contribution in [1.82, 2.24) is 10.6 Å². The molecule has 1 atom stereocenters. The average molecular weight is 497 g/mol. The number of aliphatic carboxylic acids is 1. The molecule has 0 heterocycles. The maximum absolute atomic E-state index is 12.8. The van der Waals surface area contributed by atoms with E-state index in [9.17, 15) is 14.4 Å². The maximum Gasteiger partial charge on any atom is 0.407 e. The van der Waals surface area contributed by atoms with Gasteiger partial charge in [0.05, 0.1) is 0 Å². The zero-order chi connectivity index (χ0) is 24.8. The molecule has 2 aliphatic rings. The number of fused-ring (bicyclic) bond motifs is 3. The minimum Gasteiger partial charge on any atom is -0.481 e. The molecule has 2 aromatic rings. The molecular weight excluding hydrogens is 464 g/mol. The summed E-state index contributed by atoms with van der Waals surface area (Å²) in [5.74, 6) is 0.172. The molecule has 35 heavy (non-hydrogen) atoms. The summed E-state index contributed by atoms with van der Waals surface area (Å²) < 4.78 is 5.62. The molecule has 186 valence electrons. The lowest BCUT2D eigenvalue weighted by molar-refractivity contribution is -0.139. The topological polar surface area (TPSA) is 105 Å². The van der Waals surface area contributed by atoms with Crippen LogP contribution in [0.15, 0.2) is 48.5 Å². The summed E-state index contributed by atoms with van der Waals surface area (Å²) in [7, 11) is 0. The fourth-order valence-electron chi connectivity index (χ4n) is 5.11. The molecule has 0 radical (unpaired) electrons. The van der Waals surface area contributed by atoms with E-state index in [1.807, 2.05) is 30.5 Å². The highest BCUT2D eigenvalue weighted by atomic mass is 32.2. The van der Waals surface area contributed by atoms with Crippen molar-refractivity contribution in [1.29, 1.82) is 0 Å². The number of alkyl carbamates (subject to hydrolysis) is 1. The predicted molar refractivity (Wildman–Crippen MR) is 136 cm³/mol. The Morgan fingerprint density at radius 2 is 1.66 bits per heavy atom. The van der Waals surface area contributed by atoms with Crippen LogP contribution >= 0.6 is 11.8 Å². The van der Waals surface area contributed by atoms with E-state index in [0.29, 0.717) is 18.9 Å². The third-order valence-electron chi connectivity index (χ3n) is 6.92. The molecule has 0 spiro atoms. The maximum atomic E-state index is 12.8. The van der Waals surface area contributed by atoms with Gasteiger partial charge in [-0.25, -0.2) is 4.79 Å². The van der Waals surface area contributed by atoms with Gasteiger partial charge in [-0.15, -0.1) is 0 Å². The third kappa shape index (κ3) is 6.17. The van der Waals surface area contributed by atoms with Gasteiger partial charge in [-0.3, -0.25) is 9.59 Å². The van der Waals surface area contributed by atoms with Crippen molar-refractivity contribution in [2.24, 2.45) is 11.8 Å². The Labute approximate surface area is 210 Å². The Morgan fingerprint density at radius 3 is 2.26 bits per heavy atom. The Bertz CT molecular complexity index is 1020. The van der Waals surface area contributed by atoms with Gasteiger partial charge in [0, 0.05) is 18.9 Å². The SMILES string of the molecule is CSCC[C@H](NC(=O)OCC1c2ccccc2-c2ccccc21)C(=O)NCC1CC(CC(=O)O)C1. The first-order valence-electron chi connectivity index (χ1n) is 12.1. The van der Waals surface area contributed by atoms with Crippen molar-refractivity contribution in [2.45, 2.75) is 37.6 Å². The number of nitrogens with one attached hydrogen (secondary N) is 2. The van der Waals surface area contributed by atoms with Crippen LogP contribution in [0.2, 0.25) is 0 Å². The second-order valence-corrected chi connectivity index (χ2v) is 10.3. The first kappa shape index (κ1) is 25.1. The van der Waals surface area contributed by atoms with E-state index in [0.717, 1.165) is 40.8 Å². The van der Waals surface area contributed by atoms with Gasteiger partial charge in [0.2, 0.25) is 5.91 Å². The lowest BCUT2D eigenvalue weighted by Gasteiger charge is -2.34. The molecule has 0 aliphatic heterocycles. The van der Waals surface area contributed by atoms with Crippen LogP contribution in [0.5, 0.6) is 0 Å². The van der Waals surface area contributed by atoms with Crippen LogP contribution in [0.3, 0.4) is 0 Å². The number of amides is 2. The Morgan fingerprint density at radius 1 is 1.03 bits per heavy atom. The molecule has 2 aromatic carbocycles. The molecule has 0 saturated heterocycles. The summed E-state index contributed by atoms with van der Waals surface area (Å²) >= 11 is 1.61. The van der Waals surface area contributed by atoms with E-state index in [4.69, 9.17) is 9.84 Å². The Kier molecular flexibility index (Phi) is 8.33. The average Bonchev–Trinajstić information content (AvgIpc) is 3.15. The lowest BCUT2D eigenvalue weighted by atomic mass is 9.73. The highest BCUT2D eigenvalue weighted by Gasteiger charge is 2.32. The molecule has 2 amide bonds. The largest absolute Gasteiger partial charge is 0.481 e. The van der Waals surface area contributed by atoms with Gasteiger partial charge in [0.15, 0.2) is 0 Å². The van der Waals surface area contributed by atoms with Crippen molar-refractivity contribution in [2.75, 3.05) is 25.2 Å². The fourth-order valence-corrected chi connectivity index (χ4v) is 5.58. The van der Waals surface area contributed by atoms with Gasteiger partial charge in [0.1, 0.15) is 12.6 Å².